The molecule has 0 saturated carbocycles. The Kier molecular flexibility index (Phi) is 6.29. The van der Waals surface area contributed by atoms with Crippen molar-refractivity contribution in [2.45, 2.75) is 0 Å². The van der Waals surface area contributed by atoms with Gasteiger partial charge in [0.1, 0.15) is 0 Å². The molecule has 0 bridgehead atoms. The molecule has 0 unspecified atom stereocenters. The van der Waals surface area contributed by atoms with E-state index >= 15 is 0 Å². The van der Waals surface area contributed by atoms with E-state index in [0.717, 1.165) is 33.8 Å². The van der Waals surface area contributed by atoms with Gasteiger partial charge in [0.15, 0.2) is 5.82 Å². The SMILES string of the molecule is c1ccc(-c2cc(-c3ccc4c(c3)sc3ccccc34)nc(-c3cccc(-n4c5ccccc5c5c6sc7ccccc7c6ccc54)c3)n2)cc1. The average Bonchev–Trinajstić information content (AvgIpc) is 3.87. The molecule has 0 fully saturated rings. The number of aromatic nitrogens is 3. The van der Waals surface area contributed by atoms with Crippen molar-refractivity contribution >= 4 is 84.8 Å². The monoisotopic (exact) mass is 685 g/mol. The Hall–Kier alpha value is -6.14. The predicted molar refractivity (Wildman–Crippen MR) is 218 cm³/mol. The summed E-state index contributed by atoms with van der Waals surface area (Å²) in [5.41, 5.74) is 8.41. The zero-order valence-electron chi connectivity index (χ0n) is 27.2. The molecule has 4 heterocycles. The topological polar surface area (TPSA) is 30.7 Å². The minimum Gasteiger partial charge on any atom is -0.309 e. The molecule has 5 heteroatoms. The maximum atomic E-state index is 5.26. The Morgan fingerprint density at radius 1 is 0.392 bits per heavy atom. The lowest BCUT2D eigenvalue weighted by Gasteiger charge is -2.12. The highest BCUT2D eigenvalue weighted by Gasteiger charge is 2.19. The van der Waals surface area contributed by atoms with Crippen LogP contribution < -0.4 is 0 Å². The fourth-order valence-corrected chi connectivity index (χ4v) is 10.1. The standard InChI is InChI=1S/C46H27N3S2/c1-2-11-28(12-3-1)37-27-38(29-21-22-34-32-15-5-8-19-41(32)50-43(34)26-29)48-46(47-37)30-13-10-14-31(25-30)49-39-18-7-4-17-36(39)44-40(49)24-23-35-33-16-6-9-20-42(33)51-45(35)44/h1-27H. The van der Waals surface area contributed by atoms with Crippen LogP contribution in [0.3, 0.4) is 0 Å². The number of thiophene rings is 2. The molecule has 0 amide bonds. The van der Waals surface area contributed by atoms with Gasteiger partial charge in [-0.2, -0.15) is 0 Å². The Morgan fingerprint density at radius 2 is 1.04 bits per heavy atom. The van der Waals surface area contributed by atoms with Crippen LogP contribution in [-0.4, -0.2) is 14.5 Å². The van der Waals surface area contributed by atoms with Crippen molar-refractivity contribution in [3.63, 3.8) is 0 Å². The summed E-state index contributed by atoms with van der Waals surface area (Å²) in [6.07, 6.45) is 0. The van der Waals surface area contributed by atoms with E-state index in [4.69, 9.17) is 9.97 Å². The molecule has 4 aromatic heterocycles. The van der Waals surface area contributed by atoms with Crippen molar-refractivity contribution < 1.29 is 0 Å². The van der Waals surface area contributed by atoms with Crippen LogP contribution in [0.15, 0.2) is 164 Å². The molecular weight excluding hydrogens is 659 g/mol. The van der Waals surface area contributed by atoms with E-state index in [1.807, 2.05) is 28.7 Å². The maximum Gasteiger partial charge on any atom is 0.160 e. The van der Waals surface area contributed by atoms with Crippen molar-refractivity contribution in [2.75, 3.05) is 0 Å². The molecule has 0 aliphatic carbocycles. The Labute approximate surface area is 301 Å². The van der Waals surface area contributed by atoms with Gasteiger partial charge in [-0.3, -0.25) is 0 Å². The molecule has 7 aromatic carbocycles. The second-order valence-electron chi connectivity index (χ2n) is 13.0. The summed E-state index contributed by atoms with van der Waals surface area (Å²) in [6.45, 7) is 0. The number of hydrogen-bond acceptors (Lipinski definition) is 4. The van der Waals surface area contributed by atoms with Gasteiger partial charge in [0, 0.05) is 73.5 Å². The highest BCUT2D eigenvalue weighted by Crippen LogP contribution is 2.43. The van der Waals surface area contributed by atoms with Gasteiger partial charge >= 0.3 is 0 Å². The molecule has 0 aliphatic heterocycles. The van der Waals surface area contributed by atoms with Crippen LogP contribution in [0.5, 0.6) is 0 Å². The molecule has 0 N–H and O–H groups in total. The zero-order valence-corrected chi connectivity index (χ0v) is 28.9. The Balaban J connectivity index is 1.11. The van der Waals surface area contributed by atoms with Crippen LogP contribution in [0.1, 0.15) is 0 Å². The third kappa shape index (κ3) is 4.49. The number of hydrogen-bond donors (Lipinski definition) is 0. The normalized spacial score (nSPS) is 11.9. The number of fused-ring (bicyclic) bond motifs is 10. The molecular formula is C46H27N3S2. The third-order valence-electron chi connectivity index (χ3n) is 10.0. The van der Waals surface area contributed by atoms with Crippen molar-refractivity contribution in [1.29, 1.82) is 0 Å². The minimum atomic E-state index is 0.706. The Bertz CT molecular complexity index is 3150. The van der Waals surface area contributed by atoms with E-state index in [9.17, 15) is 0 Å². The largest absolute Gasteiger partial charge is 0.309 e. The summed E-state index contributed by atoms with van der Waals surface area (Å²) in [6, 6.07) is 58.7. The first kappa shape index (κ1) is 28.7. The molecule has 0 radical (unpaired) electrons. The minimum absolute atomic E-state index is 0.706. The van der Waals surface area contributed by atoms with Gasteiger partial charge in [0.05, 0.1) is 22.4 Å². The number of benzene rings is 7. The molecule has 3 nitrogen and oxygen atoms in total. The summed E-state index contributed by atoms with van der Waals surface area (Å²) in [5, 5.41) is 7.77. The quantitative estimate of drug-likeness (QED) is 0.185. The van der Waals surface area contributed by atoms with Gasteiger partial charge < -0.3 is 4.57 Å². The van der Waals surface area contributed by atoms with Gasteiger partial charge in [-0.05, 0) is 48.5 Å². The van der Waals surface area contributed by atoms with Gasteiger partial charge in [-0.1, -0.05) is 115 Å². The zero-order chi connectivity index (χ0) is 33.5. The number of rotatable bonds is 4. The highest BCUT2D eigenvalue weighted by atomic mass is 32.1. The molecule has 0 saturated heterocycles. The van der Waals surface area contributed by atoms with Crippen LogP contribution in [0.25, 0.3) is 102 Å². The van der Waals surface area contributed by atoms with Gasteiger partial charge in [0.2, 0.25) is 0 Å². The number of nitrogens with zero attached hydrogens (tertiary/aromatic N) is 3. The van der Waals surface area contributed by atoms with Gasteiger partial charge in [-0.15, -0.1) is 22.7 Å². The van der Waals surface area contributed by atoms with Crippen molar-refractivity contribution in [1.82, 2.24) is 14.5 Å². The molecule has 11 rings (SSSR count). The van der Waals surface area contributed by atoms with Crippen LogP contribution >= 0.6 is 22.7 Å². The van der Waals surface area contributed by atoms with Crippen molar-refractivity contribution in [2.24, 2.45) is 0 Å². The lowest BCUT2D eigenvalue weighted by molar-refractivity contribution is 1.16. The van der Waals surface area contributed by atoms with Crippen molar-refractivity contribution in [3.8, 4) is 39.6 Å². The summed E-state index contributed by atoms with van der Waals surface area (Å²) >= 11 is 3.71. The smallest absolute Gasteiger partial charge is 0.160 e. The first-order valence-corrected chi connectivity index (χ1v) is 18.7. The highest BCUT2D eigenvalue weighted by molar-refractivity contribution is 7.27. The first-order valence-electron chi connectivity index (χ1n) is 17.1. The van der Waals surface area contributed by atoms with E-state index in [1.54, 1.807) is 0 Å². The average molecular weight is 686 g/mol. The fraction of sp³-hybridized carbons (Fsp3) is 0. The van der Waals surface area contributed by atoms with Crippen LogP contribution in [0, 0.1) is 0 Å². The predicted octanol–water partition coefficient (Wildman–Crippen LogP) is 13.3. The lowest BCUT2D eigenvalue weighted by atomic mass is 10.0. The van der Waals surface area contributed by atoms with E-state index < -0.39 is 0 Å². The second-order valence-corrected chi connectivity index (χ2v) is 15.1. The number of para-hydroxylation sites is 1. The molecule has 0 spiro atoms. The second kappa shape index (κ2) is 11.2. The third-order valence-corrected chi connectivity index (χ3v) is 12.4. The summed E-state index contributed by atoms with van der Waals surface area (Å²) in [5.74, 6) is 0.706. The lowest BCUT2D eigenvalue weighted by Crippen LogP contribution is -1.98. The van der Waals surface area contributed by atoms with E-state index in [1.165, 1.54) is 62.2 Å². The molecule has 0 atom stereocenters. The maximum absolute atomic E-state index is 5.26. The van der Waals surface area contributed by atoms with Crippen molar-refractivity contribution in [3.05, 3.63) is 164 Å². The summed E-state index contributed by atoms with van der Waals surface area (Å²) in [4.78, 5) is 10.5. The van der Waals surface area contributed by atoms with E-state index in [2.05, 4.69) is 162 Å². The van der Waals surface area contributed by atoms with Crippen LogP contribution in [0.2, 0.25) is 0 Å². The Morgan fingerprint density at radius 3 is 1.88 bits per heavy atom. The molecule has 11 aromatic rings. The van der Waals surface area contributed by atoms with E-state index in [0.29, 0.717) is 5.82 Å². The molecule has 238 valence electrons. The van der Waals surface area contributed by atoms with E-state index in [-0.39, 0.29) is 0 Å². The summed E-state index contributed by atoms with van der Waals surface area (Å²) < 4.78 is 7.61. The van der Waals surface area contributed by atoms with Crippen LogP contribution in [0.4, 0.5) is 0 Å². The van der Waals surface area contributed by atoms with Crippen LogP contribution in [-0.2, 0) is 0 Å². The molecule has 0 aliphatic rings. The van der Waals surface area contributed by atoms with Gasteiger partial charge in [-0.25, -0.2) is 9.97 Å². The first-order chi connectivity index (χ1) is 25.3. The summed E-state index contributed by atoms with van der Waals surface area (Å²) in [7, 11) is 0. The fourth-order valence-electron chi connectivity index (χ4n) is 7.66. The van der Waals surface area contributed by atoms with Gasteiger partial charge in [0.25, 0.3) is 0 Å². The molecule has 51 heavy (non-hydrogen) atoms.